The van der Waals surface area contributed by atoms with Gasteiger partial charge < -0.3 is 10.8 Å². The minimum absolute atomic E-state index is 0.0724. The highest BCUT2D eigenvalue weighted by atomic mass is 19.1. The summed E-state index contributed by atoms with van der Waals surface area (Å²) in [5.41, 5.74) is 6.90. The first-order valence-electron chi connectivity index (χ1n) is 6.43. The lowest BCUT2D eigenvalue weighted by Gasteiger charge is -2.23. The van der Waals surface area contributed by atoms with E-state index >= 15 is 0 Å². The molecule has 0 aliphatic heterocycles. The normalized spacial score (nSPS) is 14.1. The third-order valence-electron chi connectivity index (χ3n) is 3.46. The molecule has 3 N–H and O–H groups in total. The maximum atomic E-state index is 13.9. The molecule has 0 spiro atoms. The molecule has 0 aliphatic rings. The van der Waals surface area contributed by atoms with Gasteiger partial charge in [-0.1, -0.05) is 30.3 Å². The second kappa shape index (κ2) is 6.11. The predicted octanol–water partition coefficient (Wildman–Crippen LogP) is 3.05. The van der Waals surface area contributed by atoms with Gasteiger partial charge in [-0.15, -0.1) is 0 Å². The van der Waals surface area contributed by atoms with Crippen molar-refractivity contribution in [1.29, 1.82) is 0 Å². The van der Waals surface area contributed by atoms with E-state index in [0.29, 0.717) is 5.56 Å². The summed E-state index contributed by atoms with van der Waals surface area (Å²) in [6, 6.07) is 11.3. The van der Waals surface area contributed by atoms with Crippen molar-refractivity contribution in [2.45, 2.75) is 18.9 Å². The van der Waals surface area contributed by atoms with Crippen molar-refractivity contribution in [3.63, 3.8) is 0 Å². The highest BCUT2D eigenvalue weighted by Crippen LogP contribution is 2.32. The molecule has 0 bridgehead atoms. The molecule has 2 rings (SSSR count). The van der Waals surface area contributed by atoms with Crippen molar-refractivity contribution < 1.29 is 13.9 Å². The van der Waals surface area contributed by atoms with Crippen LogP contribution in [0.25, 0.3) is 0 Å². The lowest BCUT2D eigenvalue weighted by atomic mass is 9.88. The number of nitrogens with two attached hydrogens (primary N) is 1. The SMILES string of the molecule is Cc1cc(C(O)C(CN)c2ccccc2)c(F)cc1F. The average Bonchev–Trinajstić information content (AvgIpc) is 2.44. The van der Waals surface area contributed by atoms with Crippen LogP contribution in [0.5, 0.6) is 0 Å². The molecule has 4 heteroatoms. The van der Waals surface area contributed by atoms with Gasteiger partial charge in [-0.2, -0.15) is 0 Å². The summed E-state index contributed by atoms with van der Waals surface area (Å²) < 4.78 is 27.1. The first kappa shape index (κ1) is 14.6. The number of aliphatic hydroxyl groups excluding tert-OH is 1. The number of halogens is 2. The van der Waals surface area contributed by atoms with Gasteiger partial charge in [0.25, 0.3) is 0 Å². The molecular formula is C16H17F2NO. The molecular weight excluding hydrogens is 260 g/mol. The molecule has 0 fully saturated rings. The van der Waals surface area contributed by atoms with Gasteiger partial charge in [-0.05, 0) is 24.1 Å². The Morgan fingerprint density at radius 3 is 2.35 bits per heavy atom. The smallest absolute Gasteiger partial charge is 0.131 e. The molecule has 106 valence electrons. The highest BCUT2D eigenvalue weighted by molar-refractivity contribution is 5.31. The number of aryl methyl sites for hydroxylation is 1. The van der Waals surface area contributed by atoms with Crippen molar-refractivity contribution in [2.24, 2.45) is 5.73 Å². The quantitative estimate of drug-likeness (QED) is 0.902. The van der Waals surface area contributed by atoms with E-state index in [2.05, 4.69) is 0 Å². The fourth-order valence-electron chi connectivity index (χ4n) is 2.27. The van der Waals surface area contributed by atoms with Crippen LogP contribution in [0.3, 0.4) is 0 Å². The molecule has 0 aliphatic carbocycles. The maximum absolute atomic E-state index is 13.9. The summed E-state index contributed by atoms with van der Waals surface area (Å²) in [7, 11) is 0. The van der Waals surface area contributed by atoms with Gasteiger partial charge in [0.05, 0.1) is 6.10 Å². The molecule has 2 unspecified atom stereocenters. The summed E-state index contributed by atoms with van der Waals surface area (Å²) in [5.74, 6) is -1.81. The molecule has 0 aromatic heterocycles. The summed E-state index contributed by atoms with van der Waals surface area (Å²) >= 11 is 0. The molecule has 20 heavy (non-hydrogen) atoms. The summed E-state index contributed by atoms with van der Waals surface area (Å²) in [6.07, 6.45) is -1.11. The fourth-order valence-corrected chi connectivity index (χ4v) is 2.27. The standard InChI is InChI=1S/C16H17F2NO/c1-10-7-12(15(18)8-14(10)17)16(20)13(9-19)11-5-3-2-4-6-11/h2-8,13,16,20H,9,19H2,1H3. The van der Waals surface area contributed by atoms with E-state index in [9.17, 15) is 13.9 Å². The number of benzene rings is 2. The minimum atomic E-state index is -1.11. The number of aliphatic hydroxyl groups is 1. The highest BCUT2D eigenvalue weighted by Gasteiger charge is 2.24. The fraction of sp³-hybridized carbons (Fsp3) is 0.250. The van der Waals surface area contributed by atoms with Crippen molar-refractivity contribution in [3.05, 3.63) is 70.8 Å². The Morgan fingerprint density at radius 2 is 1.75 bits per heavy atom. The summed E-state index contributed by atoms with van der Waals surface area (Å²) in [4.78, 5) is 0. The van der Waals surface area contributed by atoms with Crippen LogP contribution in [0.2, 0.25) is 0 Å². The van der Waals surface area contributed by atoms with E-state index in [4.69, 9.17) is 5.73 Å². The van der Waals surface area contributed by atoms with Crippen molar-refractivity contribution in [2.75, 3.05) is 6.54 Å². The first-order valence-corrected chi connectivity index (χ1v) is 6.43. The van der Waals surface area contributed by atoms with E-state index < -0.39 is 23.7 Å². The third-order valence-corrected chi connectivity index (χ3v) is 3.46. The molecule has 0 saturated heterocycles. The van der Waals surface area contributed by atoms with Crippen LogP contribution in [0.4, 0.5) is 8.78 Å². The van der Waals surface area contributed by atoms with E-state index in [1.807, 2.05) is 30.3 Å². The minimum Gasteiger partial charge on any atom is -0.388 e. The number of hydrogen-bond donors (Lipinski definition) is 2. The van der Waals surface area contributed by atoms with Crippen LogP contribution in [-0.4, -0.2) is 11.7 Å². The Bertz CT molecular complexity index is 587. The second-order valence-electron chi connectivity index (χ2n) is 4.82. The maximum Gasteiger partial charge on any atom is 0.131 e. The van der Waals surface area contributed by atoms with Gasteiger partial charge in [-0.25, -0.2) is 8.78 Å². The Balaban J connectivity index is 2.39. The zero-order chi connectivity index (χ0) is 14.7. The molecule has 0 amide bonds. The van der Waals surface area contributed by atoms with Crippen LogP contribution in [-0.2, 0) is 0 Å². The Morgan fingerprint density at radius 1 is 1.10 bits per heavy atom. The van der Waals surface area contributed by atoms with Crippen molar-refractivity contribution >= 4 is 0 Å². The van der Waals surface area contributed by atoms with E-state index in [0.717, 1.165) is 11.6 Å². The predicted molar refractivity (Wildman–Crippen MR) is 74.3 cm³/mol. The molecule has 0 radical (unpaired) electrons. The lowest BCUT2D eigenvalue weighted by molar-refractivity contribution is 0.143. The third kappa shape index (κ3) is 2.86. The molecule has 2 aromatic carbocycles. The Labute approximate surface area is 116 Å². The Kier molecular flexibility index (Phi) is 4.47. The summed E-state index contributed by atoms with van der Waals surface area (Å²) in [6.45, 7) is 1.70. The van der Waals surface area contributed by atoms with Gasteiger partial charge in [0.1, 0.15) is 11.6 Å². The van der Waals surface area contributed by atoms with Crippen molar-refractivity contribution in [1.82, 2.24) is 0 Å². The van der Waals surface area contributed by atoms with Crippen molar-refractivity contribution in [3.8, 4) is 0 Å². The van der Waals surface area contributed by atoms with E-state index in [-0.39, 0.29) is 12.1 Å². The number of rotatable bonds is 4. The average molecular weight is 277 g/mol. The van der Waals surface area contributed by atoms with Gasteiger partial charge in [0.15, 0.2) is 0 Å². The topological polar surface area (TPSA) is 46.2 Å². The first-order chi connectivity index (χ1) is 9.54. The van der Waals surface area contributed by atoms with Gasteiger partial charge >= 0.3 is 0 Å². The second-order valence-corrected chi connectivity index (χ2v) is 4.82. The molecule has 2 atom stereocenters. The summed E-state index contributed by atoms with van der Waals surface area (Å²) in [5, 5.41) is 10.4. The van der Waals surface area contributed by atoms with Gasteiger partial charge in [-0.3, -0.25) is 0 Å². The molecule has 0 heterocycles. The molecule has 0 saturated carbocycles. The van der Waals surface area contributed by atoms with Crippen LogP contribution in [0.15, 0.2) is 42.5 Å². The van der Waals surface area contributed by atoms with Crippen LogP contribution in [0, 0.1) is 18.6 Å². The zero-order valence-corrected chi connectivity index (χ0v) is 11.2. The Hall–Kier alpha value is -1.78. The molecule has 2 nitrogen and oxygen atoms in total. The van der Waals surface area contributed by atoms with Crippen LogP contribution >= 0.6 is 0 Å². The van der Waals surface area contributed by atoms with E-state index in [1.54, 1.807) is 0 Å². The largest absolute Gasteiger partial charge is 0.388 e. The zero-order valence-electron chi connectivity index (χ0n) is 11.2. The van der Waals surface area contributed by atoms with E-state index in [1.165, 1.54) is 13.0 Å². The monoisotopic (exact) mass is 277 g/mol. The lowest BCUT2D eigenvalue weighted by Crippen LogP contribution is -2.21. The van der Waals surface area contributed by atoms with Crippen LogP contribution < -0.4 is 5.73 Å². The van der Waals surface area contributed by atoms with Gasteiger partial charge in [0, 0.05) is 24.1 Å². The van der Waals surface area contributed by atoms with Crippen LogP contribution in [0.1, 0.15) is 28.7 Å². The van der Waals surface area contributed by atoms with Gasteiger partial charge in [0.2, 0.25) is 0 Å². The molecule has 2 aromatic rings. The number of hydrogen-bond acceptors (Lipinski definition) is 2.